The molecule has 5 rings (SSSR count). The number of carbonyl (C=O) groups excluding carboxylic acids is 3. The van der Waals surface area contributed by atoms with Crippen molar-refractivity contribution < 1.29 is 23.2 Å². The van der Waals surface area contributed by atoms with E-state index in [1.165, 1.54) is 18.2 Å². The highest BCUT2D eigenvalue weighted by Gasteiger charge is 2.67. The van der Waals surface area contributed by atoms with Gasteiger partial charge in [-0.3, -0.25) is 14.4 Å². The van der Waals surface area contributed by atoms with Crippen molar-refractivity contribution in [3.63, 3.8) is 0 Å². The molecule has 0 spiro atoms. The van der Waals surface area contributed by atoms with Crippen molar-refractivity contribution in [2.75, 3.05) is 16.0 Å². The molecule has 2 fully saturated rings. The summed E-state index contributed by atoms with van der Waals surface area (Å²) in [6.07, 6.45) is 0.544. The van der Waals surface area contributed by atoms with Crippen LogP contribution in [0.25, 0.3) is 0 Å². The summed E-state index contributed by atoms with van der Waals surface area (Å²) in [6, 6.07) is 12.5. The van der Waals surface area contributed by atoms with E-state index in [0.717, 1.165) is 12.1 Å². The van der Waals surface area contributed by atoms with Crippen LogP contribution in [-0.2, 0) is 9.59 Å². The second-order valence-electron chi connectivity index (χ2n) is 9.87. The van der Waals surface area contributed by atoms with E-state index in [-0.39, 0.29) is 34.1 Å². The Bertz CT molecular complexity index is 1710. The summed E-state index contributed by atoms with van der Waals surface area (Å²) in [7, 11) is 0. The van der Waals surface area contributed by atoms with Gasteiger partial charge < -0.3 is 16.0 Å². The van der Waals surface area contributed by atoms with Gasteiger partial charge in [0.15, 0.2) is 5.82 Å². The number of carbonyl (C=O) groups is 3. The Morgan fingerprint density at radius 1 is 0.881 bits per heavy atom. The standard InChI is InChI=1S/C28H17Cl5F2N4O3/c29-15-4-2-13(37-25(41)21-20(28(21,32)33)12-1-3-16(30)17(31)9-12)10-14(15)24(40)38-19-6-5-18(34)23(22(19)35)39-26(42)27(11-36)7-8-27/h1-6,9-10,20-21H,7-8H2,(H,37,41)(H,38,40)(H,39,42)/t20-,21?/m0/s1. The van der Waals surface area contributed by atoms with Gasteiger partial charge in [0.25, 0.3) is 5.91 Å². The van der Waals surface area contributed by atoms with Crippen molar-refractivity contribution >= 4 is 92.8 Å². The van der Waals surface area contributed by atoms with E-state index in [9.17, 15) is 24.0 Å². The highest BCUT2D eigenvalue weighted by molar-refractivity contribution is 6.53. The first-order valence-electron chi connectivity index (χ1n) is 12.2. The first-order chi connectivity index (χ1) is 19.8. The number of hydrogen-bond donors (Lipinski definition) is 3. The maximum absolute atomic E-state index is 15.1. The van der Waals surface area contributed by atoms with Gasteiger partial charge >= 0.3 is 0 Å². The van der Waals surface area contributed by atoms with Gasteiger partial charge in [-0.15, -0.1) is 23.2 Å². The minimum absolute atomic E-state index is 0.0321. The van der Waals surface area contributed by atoms with E-state index >= 15 is 4.39 Å². The molecule has 0 radical (unpaired) electrons. The molecule has 216 valence electrons. The van der Waals surface area contributed by atoms with Crippen LogP contribution in [0.4, 0.5) is 25.8 Å². The van der Waals surface area contributed by atoms with Gasteiger partial charge in [0, 0.05) is 11.6 Å². The predicted octanol–water partition coefficient (Wildman–Crippen LogP) is 7.95. The van der Waals surface area contributed by atoms with Crippen LogP contribution in [0.2, 0.25) is 15.1 Å². The number of nitrogens with one attached hydrogen (secondary N) is 3. The molecular weight excluding hydrogens is 656 g/mol. The van der Waals surface area contributed by atoms with Gasteiger partial charge in [-0.05, 0) is 60.9 Å². The Labute approximate surface area is 263 Å². The Kier molecular flexibility index (Phi) is 8.07. The Hall–Kier alpha value is -3.13. The Balaban J connectivity index is 1.31. The molecule has 0 aromatic heterocycles. The van der Waals surface area contributed by atoms with Crippen molar-refractivity contribution in [2.24, 2.45) is 11.3 Å². The molecule has 3 aromatic rings. The molecule has 0 saturated heterocycles. The molecule has 3 aromatic carbocycles. The average Bonchev–Trinajstić information content (AvgIpc) is 3.85. The molecule has 2 aliphatic rings. The second-order valence-corrected chi connectivity index (χ2v) is 12.5. The fourth-order valence-corrected chi connectivity index (χ4v) is 5.81. The third kappa shape index (κ3) is 5.62. The maximum atomic E-state index is 15.1. The van der Waals surface area contributed by atoms with E-state index in [1.807, 2.05) is 6.07 Å². The third-order valence-electron chi connectivity index (χ3n) is 7.09. The molecule has 3 N–H and O–H groups in total. The van der Waals surface area contributed by atoms with Gasteiger partial charge in [0.05, 0.1) is 38.3 Å². The number of alkyl halides is 2. The second kappa shape index (κ2) is 11.2. The molecule has 0 aliphatic heterocycles. The zero-order chi connectivity index (χ0) is 30.6. The normalized spacial score (nSPS) is 19.3. The molecule has 1 unspecified atom stereocenters. The molecule has 2 atom stereocenters. The van der Waals surface area contributed by atoms with Gasteiger partial charge in [-0.25, -0.2) is 8.78 Å². The first kappa shape index (κ1) is 30.3. The van der Waals surface area contributed by atoms with Crippen LogP contribution >= 0.6 is 58.0 Å². The zero-order valence-electron chi connectivity index (χ0n) is 21.0. The lowest BCUT2D eigenvalue weighted by atomic mass is 10.1. The fraction of sp³-hybridized carbons (Fsp3) is 0.214. The van der Waals surface area contributed by atoms with Crippen LogP contribution in [-0.4, -0.2) is 22.1 Å². The molecule has 7 nitrogen and oxygen atoms in total. The van der Waals surface area contributed by atoms with Crippen LogP contribution in [0.3, 0.4) is 0 Å². The molecule has 0 bridgehead atoms. The van der Waals surface area contributed by atoms with Gasteiger partial charge in [0.2, 0.25) is 11.8 Å². The van der Waals surface area contributed by atoms with E-state index < -0.39 is 62.3 Å². The highest BCUT2D eigenvalue weighted by Crippen LogP contribution is 2.65. The number of nitriles is 1. The number of hydrogen-bond acceptors (Lipinski definition) is 4. The average molecular weight is 673 g/mol. The number of halogens is 7. The monoisotopic (exact) mass is 670 g/mol. The lowest BCUT2D eigenvalue weighted by molar-refractivity contribution is -0.119. The lowest BCUT2D eigenvalue weighted by Gasteiger charge is -2.14. The van der Waals surface area contributed by atoms with Crippen LogP contribution in [0.1, 0.15) is 34.7 Å². The summed E-state index contributed by atoms with van der Waals surface area (Å²) < 4.78 is 28.1. The van der Waals surface area contributed by atoms with Crippen molar-refractivity contribution in [3.05, 3.63) is 86.4 Å². The minimum atomic E-state index is -1.42. The van der Waals surface area contributed by atoms with Crippen LogP contribution in [0, 0.1) is 34.3 Å². The Morgan fingerprint density at radius 3 is 2.21 bits per heavy atom. The highest BCUT2D eigenvalue weighted by atomic mass is 35.5. The minimum Gasteiger partial charge on any atom is -0.326 e. The third-order valence-corrected chi connectivity index (χ3v) is 9.10. The summed E-state index contributed by atoms with van der Waals surface area (Å²) in [5.74, 6) is -6.06. The number of nitrogens with zero attached hydrogens (tertiary/aromatic N) is 1. The molecule has 14 heteroatoms. The van der Waals surface area contributed by atoms with E-state index in [0.29, 0.717) is 10.6 Å². The van der Waals surface area contributed by atoms with Crippen LogP contribution in [0.5, 0.6) is 0 Å². The van der Waals surface area contributed by atoms with Crippen molar-refractivity contribution in [1.82, 2.24) is 0 Å². The summed E-state index contributed by atoms with van der Waals surface area (Å²) in [6.45, 7) is 0. The SMILES string of the molecule is N#CC1(C(=O)Nc2c(F)ccc(NC(=O)c3cc(NC(=O)C4[C@H](c5ccc(Cl)c(Cl)c5)C4(Cl)Cl)ccc3Cl)c2F)CC1. The van der Waals surface area contributed by atoms with Gasteiger partial charge in [-0.2, -0.15) is 5.26 Å². The van der Waals surface area contributed by atoms with Gasteiger partial charge in [-0.1, -0.05) is 40.9 Å². The number of benzene rings is 3. The molecule has 42 heavy (non-hydrogen) atoms. The van der Waals surface area contributed by atoms with Crippen LogP contribution in [0.15, 0.2) is 48.5 Å². The summed E-state index contributed by atoms with van der Waals surface area (Å²) >= 11 is 31.1. The Morgan fingerprint density at radius 2 is 1.57 bits per heavy atom. The summed E-state index contributed by atoms with van der Waals surface area (Å²) in [4.78, 5) is 38.5. The largest absolute Gasteiger partial charge is 0.326 e. The van der Waals surface area contributed by atoms with Crippen molar-refractivity contribution in [3.8, 4) is 6.07 Å². The maximum Gasteiger partial charge on any atom is 0.257 e. The number of rotatable bonds is 7. The molecule has 0 heterocycles. The number of amides is 3. The molecule has 3 amide bonds. The van der Waals surface area contributed by atoms with Crippen LogP contribution < -0.4 is 16.0 Å². The smallest absolute Gasteiger partial charge is 0.257 e. The molecule has 2 saturated carbocycles. The van der Waals surface area contributed by atoms with Gasteiger partial charge in [0.1, 0.15) is 21.3 Å². The lowest BCUT2D eigenvalue weighted by Crippen LogP contribution is -2.24. The molecule has 2 aliphatic carbocycles. The van der Waals surface area contributed by atoms with Crippen molar-refractivity contribution in [1.29, 1.82) is 5.26 Å². The first-order valence-corrected chi connectivity index (χ1v) is 14.1. The van der Waals surface area contributed by atoms with E-state index in [4.69, 9.17) is 58.0 Å². The fourth-order valence-electron chi connectivity index (χ4n) is 4.47. The topological polar surface area (TPSA) is 111 Å². The van der Waals surface area contributed by atoms with Crippen molar-refractivity contribution in [2.45, 2.75) is 23.1 Å². The zero-order valence-corrected chi connectivity index (χ0v) is 24.8. The predicted molar refractivity (Wildman–Crippen MR) is 157 cm³/mol. The summed E-state index contributed by atoms with van der Waals surface area (Å²) in [5.41, 5.74) is -1.96. The quantitative estimate of drug-likeness (QED) is 0.221. The van der Waals surface area contributed by atoms with E-state index in [2.05, 4.69) is 16.0 Å². The molecular formula is C28H17Cl5F2N4O3. The number of anilines is 3. The van der Waals surface area contributed by atoms with E-state index in [1.54, 1.807) is 18.2 Å². The summed E-state index contributed by atoms with van der Waals surface area (Å²) in [5, 5.41) is 16.8.